The maximum absolute atomic E-state index is 12.4. The third-order valence-electron chi connectivity index (χ3n) is 3.63. The molecule has 0 aliphatic rings. The van der Waals surface area contributed by atoms with Crippen LogP contribution in [0.3, 0.4) is 0 Å². The minimum Gasteiger partial charge on any atom is -0.463 e. The first-order chi connectivity index (χ1) is 12.9. The highest BCUT2D eigenvalue weighted by Crippen LogP contribution is 2.25. The Balaban J connectivity index is 2.01. The summed E-state index contributed by atoms with van der Waals surface area (Å²) in [6, 6.07) is 9.93. The number of carbonyl (C=O) groups is 3. The van der Waals surface area contributed by atoms with E-state index in [1.807, 2.05) is 0 Å². The van der Waals surface area contributed by atoms with Crippen LogP contribution < -0.4 is 16.8 Å². The zero-order chi connectivity index (χ0) is 19.6. The fourth-order valence-electron chi connectivity index (χ4n) is 2.36. The molecule has 0 aliphatic carbocycles. The highest BCUT2D eigenvalue weighted by molar-refractivity contribution is 6.30. The number of hydrogen-bond donors (Lipinski definition) is 3. The summed E-state index contributed by atoms with van der Waals surface area (Å²) in [5, 5.41) is 6.93. The number of carbonyl (C=O) groups excluding carboxylic acids is 3. The van der Waals surface area contributed by atoms with Crippen LogP contribution in [-0.4, -0.2) is 33.5 Å². The van der Waals surface area contributed by atoms with Crippen molar-refractivity contribution in [2.45, 2.75) is 6.04 Å². The second kappa shape index (κ2) is 7.34. The quantitative estimate of drug-likeness (QED) is 0.536. The zero-order valence-corrected chi connectivity index (χ0v) is 14.5. The smallest absolute Gasteiger partial charge is 0.272 e. The molecular weight excluding hydrogens is 374 g/mol. The van der Waals surface area contributed by atoms with Crippen LogP contribution in [0, 0.1) is 0 Å². The van der Waals surface area contributed by atoms with Crippen molar-refractivity contribution in [3.8, 4) is 17.1 Å². The molecule has 27 heavy (non-hydrogen) atoms. The number of primary amides is 2. The topological polar surface area (TPSA) is 146 Å². The molecule has 9 nitrogen and oxygen atoms in total. The van der Waals surface area contributed by atoms with E-state index in [1.54, 1.807) is 36.4 Å². The Kier molecular flexibility index (Phi) is 4.95. The molecule has 10 heteroatoms. The number of furan rings is 1. The molecule has 0 spiro atoms. The molecule has 0 unspecified atom stereocenters. The van der Waals surface area contributed by atoms with Gasteiger partial charge < -0.3 is 21.2 Å². The van der Waals surface area contributed by atoms with E-state index in [2.05, 4.69) is 10.4 Å². The van der Waals surface area contributed by atoms with Crippen LogP contribution >= 0.6 is 11.6 Å². The molecular formula is C17H14ClN5O4. The van der Waals surface area contributed by atoms with Gasteiger partial charge in [0.05, 0.1) is 12.0 Å². The van der Waals surface area contributed by atoms with E-state index >= 15 is 0 Å². The van der Waals surface area contributed by atoms with E-state index < -0.39 is 23.8 Å². The molecule has 0 fully saturated rings. The molecule has 0 saturated heterocycles. The lowest BCUT2D eigenvalue weighted by atomic mass is 10.2. The Hall–Kier alpha value is -3.59. The van der Waals surface area contributed by atoms with Crippen LogP contribution in [0.1, 0.15) is 10.5 Å². The first-order valence-electron chi connectivity index (χ1n) is 7.66. The lowest BCUT2D eigenvalue weighted by molar-refractivity contribution is -0.128. The van der Waals surface area contributed by atoms with E-state index in [4.69, 9.17) is 27.5 Å². The largest absolute Gasteiger partial charge is 0.463 e. The predicted molar refractivity (Wildman–Crippen MR) is 95.9 cm³/mol. The average Bonchev–Trinajstić information content (AvgIpc) is 3.28. The molecule has 2 aromatic heterocycles. The molecule has 0 bridgehead atoms. The minimum atomic E-state index is -1.65. The number of nitrogens with zero attached hydrogens (tertiary/aromatic N) is 2. The molecule has 3 amide bonds. The average molecular weight is 388 g/mol. The monoisotopic (exact) mass is 387 g/mol. The lowest BCUT2D eigenvalue weighted by Crippen LogP contribution is -2.52. The Morgan fingerprint density at radius 2 is 1.78 bits per heavy atom. The highest BCUT2D eigenvalue weighted by atomic mass is 35.5. The van der Waals surface area contributed by atoms with Crippen molar-refractivity contribution >= 4 is 29.3 Å². The second-order valence-electron chi connectivity index (χ2n) is 5.49. The minimum absolute atomic E-state index is 0.0659. The van der Waals surface area contributed by atoms with Gasteiger partial charge >= 0.3 is 0 Å². The Morgan fingerprint density at radius 1 is 1.11 bits per heavy atom. The number of rotatable bonds is 6. The molecule has 2 heterocycles. The summed E-state index contributed by atoms with van der Waals surface area (Å²) in [4.78, 5) is 35.0. The number of halogens is 1. The Morgan fingerprint density at radius 3 is 2.33 bits per heavy atom. The summed E-state index contributed by atoms with van der Waals surface area (Å²) in [7, 11) is 0. The Bertz CT molecular complexity index is 981. The van der Waals surface area contributed by atoms with E-state index in [0.29, 0.717) is 22.2 Å². The molecule has 0 saturated carbocycles. The standard InChI is InChI=1S/C17H14ClN5O4/c18-9-3-5-10(6-4-9)23-12(13-2-1-7-27-13)8-11(22-23)17(26)21-14(15(19)24)16(20)25/h1-8,14H,(H2,19,24)(H2,20,25)(H,21,26). The van der Waals surface area contributed by atoms with Gasteiger partial charge in [-0.1, -0.05) is 11.6 Å². The van der Waals surface area contributed by atoms with Gasteiger partial charge in [-0.15, -0.1) is 0 Å². The molecule has 0 atom stereocenters. The number of hydrogen-bond acceptors (Lipinski definition) is 5. The molecule has 0 aliphatic heterocycles. The second-order valence-corrected chi connectivity index (χ2v) is 5.93. The third kappa shape index (κ3) is 3.82. The first-order valence-corrected chi connectivity index (χ1v) is 8.04. The van der Waals surface area contributed by atoms with Gasteiger partial charge in [0.1, 0.15) is 5.69 Å². The summed E-state index contributed by atoms with van der Waals surface area (Å²) in [5.74, 6) is -2.48. The van der Waals surface area contributed by atoms with E-state index in [1.165, 1.54) is 17.0 Å². The van der Waals surface area contributed by atoms with Crippen LogP contribution in [0.5, 0.6) is 0 Å². The predicted octanol–water partition coefficient (Wildman–Crippen LogP) is 0.855. The SMILES string of the molecule is NC(=O)C(NC(=O)c1cc(-c2ccco2)n(-c2ccc(Cl)cc2)n1)C(N)=O. The summed E-state index contributed by atoms with van der Waals surface area (Å²) in [5.41, 5.74) is 11.2. The van der Waals surface area contributed by atoms with Crippen LogP contribution in [-0.2, 0) is 9.59 Å². The molecule has 138 valence electrons. The van der Waals surface area contributed by atoms with E-state index in [9.17, 15) is 14.4 Å². The van der Waals surface area contributed by atoms with Crippen molar-refractivity contribution in [3.63, 3.8) is 0 Å². The number of nitrogens with two attached hydrogens (primary N) is 2. The fraction of sp³-hybridized carbons (Fsp3) is 0.0588. The van der Waals surface area contributed by atoms with E-state index in [0.717, 1.165) is 0 Å². The normalized spacial score (nSPS) is 10.7. The van der Waals surface area contributed by atoms with Crippen LogP contribution in [0.2, 0.25) is 5.02 Å². The number of benzene rings is 1. The Labute approximate surface area is 157 Å². The summed E-state index contributed by atoms with van der Waals surface area (Å²) >= 11 is 5.91. The van der Waals surface area contributed by atoms with Crippen molar-refractivity contribution in [3.05, 3.63) is 59.4 Å². The molecule has 3 aromatic rings. The van der Waals surface area contributed by atoms with Gasteiger partial charge in [-0.25, -0.2) is 4.68 Å². The third-order valence-corrected chi connectivity index (χ3v) is 3.88. The molecule has 5 N–H and O–H groups in total. The number of aromatic nitrogens is 2. The van der Waals surface area contributed by atoms with Gasteiger partial charge in [-0.05, 0) is 36.4 Å². The van der Waals surface area contributed by atoms with Gasteiger partial charge in [0, 0.05) is 11.1 Å². The zero-order valence-electron chi connectivity index (χ0n) is 13.8. The van der Waals surface area contributed by atoms with Crippen molar-refractivity contribution < 1.29 is 18.8 Å². The van der Waals surface area contributed by atoms with Crippen LogP contribution in [0.4, 0.5) is 0 Å². The van der Waals surface area contributed by atoms with Gasteiger partial charge in [0.25, 0.3) is 5.91 Å². The van der Waals surface area contributed by atoms with Crippen LogP contribution in [0.25, 0.3) is 17.1 Å². The van der Waals surface area contributed by atoms with Gasteiger partial charge in [0.2, 0.25) is 11.8 Å². The molecule has 3 rings (SSSR count). The summed E-state index contributed by atoms with van der Waals surface area (Å²) in [6.45, 7) is 0. The van der Waals surface area contributed by atoms with E-state index in [-0.39, 0.29) is 5.69 Å². The maximum atomic E-state index is 12.4. The van der Waals surface area contributed by atoms with Crippen molar-refractivity contribution in [1.82, 2.24) is 15.1 Å². The van der Waals surface area contributed by atoms with Crippen LogP contribution in [0.15, 0.2) is 53.1 Å². The van der Waals surface area contributed by atoms with Gasteiger partial charge in [-0.2, -0.15) is 5.10 Å². The first kappa shape index (κ1) is 18.2. The molecule has 0 radical (unpaired) electrons. The number of nitrogens with one attached hydrogen (secondary N) is 1. The van der Waals surface area contributed by atoms with Gasteiger partial charge in [-0.3, -0.25) is 14.4 Å². The lowest BCUT2D eigenvalue weighted by Gasteiger charge is -2.10. The van der Waals surface area contributed by atoms with Gasteiger partial charge in [0.15, 0.2) is 17.5 Å². The molecule has 1 aromatic carbocycles. The highest BCUT2D eigenvalue weighted by Gasteiger charge is 2.26. The van der Waals surface area contributed by atoms with Crippen molar-refractivity contribution in [2.75, 3.05) is 0 Å². The van der Waals surface area contributed by atoms with Crippen molar-refractivity contribution in [2.24, 2.45) is 11.5 Å². The summed E-state index contributed by atoms with van der Waals surface area (Å²) < 4.78 is 6.86. The summed E-state index contributed by atoms with van der Waals surface area (Å²) in [6.07, 6.45) is 1.48. The fourth-order valence-corrected chi connectivity index (χ4v) is 2.48. The maximum Gasteiger partial charge on any atom is 0.272 e. The van der Waals surface area contributed by atoms with Crippen molar-refractivity contribution in [1.29, 1.82) is 0 Å². The number of amides is 3.